The van der Waals surface area contributed by atoms with Crippen LogP contribution in [0.4, 0.5) is 0 Å². The molecule has 0 saturated heterocycles. The highest BCUT2D eigenvalue weighted by atomic mass is 16.5. The quantitative estimate of drug-likeness (QED) is 0.431. The van der Waals surface area contributed by atoms with Gasteiger partial charge in [0.1, 0.15) is 11.4 Å². The lowest BCUT2D eigenvalue weighted by atomic mass is 9.88. The monoisotopic (exact) mass is 424 g/mol. The van der Waals surface area contributed by atoms with E-state index < -0.39 is 24.0 Å². The Morgan fingerprint density at radius 2 is 1.58 bits per heavy atom. The fourth-order valence-electron chi connectivity index (χ4n) is 3.79. The van der Waals surface area contributed by atoms with Gasteiger partial charge in [-0.3, -0.25) is 4.79 Å². The maximum Gasteiger partial charge on any atom is 0.340 e. The first-order chi connectivity index (χ1) is 14.9. The fraction of sp³-hybridized carbons (Fsp3) is 0.417. The molecule has 3 rings (SSSR count). The molecule has 2 aromatic carbocycles. The van der Waals surface area contributed by atoms with Gasteiger partial charge in [0.15, 0.2) is 0 Å². The second kappa shape index (κ2) is 9.83. The number of hydrogen-bond donors (Lipinski definition) is 1. The van der Waals surface area contributed by atoms with Crippen LogP contribution in [0.5, 0.6) is 0 Å². The number of fused-ring (bicyclic) bond motifs is 2. The second-order valence-electron chi connectivity index (χ2n) is 8.00. The van der Waals surface area contributed by atoms with E-state index in [1.165, 1.54) is 14.2 Å². The average Bonchev–Trinajstić information content (AvgIpc) is 2.76. The van der Waals surface area contributed by atoms with Crippen LogP contribution >= 0.6 is 0 Å². The number of hydrogen-bond acceptors (Lipinski definition) is 7. The fourth-order valence-corrected chi connectivity index (χ4v) is 3.79. The van der Waals surface area contributed by atoms with Crippen LogP contribution in [0.15, 0.2) is 36.4 Å². The number of aliphatic hydroxyl groups is 1. The van der Waals surface area contributed by atoms with Gasteiger partial charge in [-0.25, -0.2) is 14.8 Å². The van der Waals surface area contributed by atoms with Gasteiger partial charge in [-0.15, -0.1) is 0 Å². The first-order valence-electron chi connectivity index (χ1n) is 10.4. The van der Waals surface area contributed by atoms with Crippen molar-refractivity contribution in [2.75, 3.05) is 14.2 Å². The summed E-state index contributed by atoms with van der Waals surface area (Å²) < 4.78 is 9.86. The molecule has 0 unspecified atom stereocenters. The number of benzene rings is 2. The molecule has 0 spiro atoms. The van der Waals surface area contributed by atoms with E-state index in [2.05, 4.69) is 18.8 Å². The molecule has 1 aromatic heterocycles. The van der Waals surface area contributed by atoms with E-state index in [4.69, 9.17) is 14.5 Å². The maximum atomic E-state index is 12.6. The van der Waals surface area contributed by atoms with E-state index in [0.717, 1.165) is 12.8 Å². The van der Waals surface area contributed by atoms with E-state index in [-0.39, 0.29) is 0 Å². The SMILES string of the molecule is COC(=O)c1cccc2nc3c([C@@H](C(=O)OC)[C@@H](O)CCCC(C)C)cccc3nc12. The Bertz CT molecular complexity index is 1100. The van der Waals surface area contributed by atoms with Crippen molar-refractivity contribution >= 4 is 34.0 Å². The zero-order valence-corrected chi connectivity index (χ0v) is 18.3. The minimum Gasteiger partial charge on any atom is -0.468 e. The molecule has 0 aliphatic carbocycles. The molecule has 7 nitrogen and oxygen atoms in total. The molecule has 3 aromatic rings. The number of rotatable bonds is 8. The third-order valence-corrected chi connectivity index (χ3v) is 5.39. The summed E-state index contributed by atoms with van der Waals surface area (Å²) in [6, 6.07) is 10.4. The number of carbonyl (C=O) groups excluding carboxylic acids is 2. The number of methoxy groups -OCH3 is 2. The van der Waals surface area contributed by atoms with Crippen LogP contribution < -0.4 is 0 Å². The van der Waals surface area contributed by atoms with Gasteiger partial charge in [-0.05, 0) is 36.1 Å². The van der Waals surface area contributed by atoms with Crippen molar-refractivity contribution in [3.8, 4) is 0 Å². The van der Waals surface area contributed by atoms with E-state index in [1.54, 1.807) is 36.4 Å². The van der Waals surface area contributed by atoms with Gasteiger partial charge in [-0.1, -0.05) is 44.9 Å². The van der Waals surface area contributed by atoms with Crippen LogP contribution in [0.3, 0.4) is 0 Å². The Hall–Kier alpha value is -3.06. The Morgan fingerprint density at radius 1 is 0.935 bits per heavy atom. The molecule has 1 heterocycles. The van der Waals surface area contributed by atoms with Gasteiger partial charge < -0.3 is 14.6 Å². The average molecular weight is 424 g/mol. The van der Waals surface area contributed by atoms with Gasteiger partial charge in [0.25, 0.3) is 0 Å². The Balaban J connectivity index is 2.11. The normalized spacial score (nSPS) is 13.4. The van der Waals surface area contributed by atoms with Crippen molar-refractivity contribution < 1.29 is 24.2 Å². The molecule has 0 fully saturated rings. The molecule has 0 bridgehead atoms. The molecule has 0 aliphatic heterocycles. The molecule has 1 N–H and O–H groups in total. The first-order valence-corrected chi connectivity index (χ1v) is 10.4. The summed E-state index contributed by atoms with van der Waals surface area (Å²) in [7, 11) is 2.63. The van der Waals surface area contributed by atoms with Crippen LogP contribution in [-0.2, 0) is 14.3 Å². The van der Waals surface area contributed by atoms with Crippen LogP contribution in [0.25, 0.3) is 22.1 Å². The smallest absolute Gasteiger partial charge is 0.340 e. The van der Waals surface area contributed by atoms with Gasteiger partial charge in [0.05, 0.1) is 42.4 Å². The summed E-state index contributed by atoms with van der Waals surface area (Å²) in [4.78, 5) is 34.1. The lowest BCUT2D eigenvalue weighted by Crippen LogP contribution is -2.28. The molecule has 7 heteroatoms. The summed E-state index contributed by atoms with van der Waals surface area (Å²) in [6.45, 7) is 4.25. The number of carbonyl (C=O) groups is 2. The van der Waals surface area contributed by atoms with Crippen molar-refractivity contribution in [3.63, 3.8) is 0 Å². The molecule has 164 valence electrons. The Kier molecular flexibility index (Phi) is 7.17. The largest absolute Gasteiger partial charge is 0.468 e. The summed E-state index contributed by atoms with van der Waals surface area (Å²) >= 11 is 0. The van der Waals surface area contributed by atoms with Gasteiger partial charge >= 0.3 is 11.9 Å². The standard InChI is InChI=1S/C24H28N2O5/c1-14(2)8-5-13-19(27)20(24(29)31-4)15-9-6-11-17-21(15)25-18-12-7-10-16(22(18)26-17)23(28)30-3/h6-7,9-12,14,19-20,27H,5,8,13H2,1-4H3/t19-,20+/m0/s1. The summed E-state index contributed by atoms with van der Waals surface area (Å²) in [6.07, 6.45) is 1.33. The predicted octanol–water partition coefficient (Wildman–Crippen LogP) is 4.01. The molecule has 2 atom stereocenters. The predicted molar refractivity (Wildman–Crippen MR) is 118 cm³/mol. The van der Waals surface area contributed by atoms with Crippen LogP contribution in [-0.4, -0.2) is 47.3 Å². The van der Waals surface area contributed by atoms with E-state index >= 15 is 0 Å². The second-order valence-corrected chi connectivity index (χ2v) is 8.00. The van der Waals surface area contributed by atoms with Gasteiger partial charge in [-0.2, -0.15) is 0 Å². The summed E-state index contributed by atoms with van der Waals surface area (Å²) in [5.41, 5.74) is 2.81. The first kappa shape index (κ1) is 22.6. The van der Waals surface area contributed by atoms with Gasteiger partial charge in [0.2, 0.25) is 0 Å². The Morgan fingerprint density at radius 3 is 2.23 bits per heavy atom. The highest BCUT2D eigenvalue weighted by Gasteiger charge is 2.31. The zero-order chi connectivity index (χ0) is 22.5. The highest BCUT2D eigenvalue weighted by molar-refractivity contribution is 6.03. The third kappa shape index (κ3) is 4.82. The third-order valence-electron chi connectivity index (χ3n) is 5.39. The summed E-state index contributed by atoms with van der Waals surface area (Å²) in [5.74, 6) is -1.38. The minimum atomic E-state index is -0.907. The molecular formula is C24H28N2O5. The topological polar surface area (TPSA) is 98.6 Å². The zero-order valence-electron chi connectivity index (χ0n) is 18.3. The molecule has 0 aliphatic rings. The number of para-hydroxylation sites is 2. The maximum absolute atomic E-state index is 12.6. The van der Waals surface area contributed by atoms with Crippen LogP contribution in [0.1, 0.15) is 54.9 Å². The summed E-state index contributed by atoms with van der Waals surface area (Å²) in [5, 5.41) is 10.9. The van der Waals surface area contributed by atoms with E-state index in [1.807, 2.05) is 0 Å². The van der Waals surface area contributed by atoms with Gasteiger partial charge in [0, 0.05) is 0 Å². The van der Waals surface area contributed by atoms with Crippen molar-refractivity contribution in [2.24, 2.45) is 5.92 Å². The molecule has 31 heavy (non-hydrogen) atoms. The Labute approximate surface area is 181 Å². The molecule has 0 radical (unpaired) electrons. The lowest BCUT2D eigenvalue weighted by Gasteiger charge is -2.22. The number of aliphatic hydroxyl groups excluding tert-OH is 1. The minimum absolute atomic E-state index is 0.318. The van der Waals surface area contributed by atoms with Crippen molar-refractivity contribution in [1.82, 2.24) is 9.97 Å². The van der Waals surface area contributed by atoms with E-state index in [0.29, 0.717) is 45.5 Å². The number of aromatic nitrogens is 2. The number of esters is 2. The van der Waals surface area contributed by atoms with E-state index in [9.17, 15) is 14.7 Å². The van der Waals surface area contributed by atoms with Crippen LogP contribution in [0, 0.1) is 5.92 Å². The molecular weight excluding hydrogens is 396 g/mol. The number of nitrogens with zero attached hydrogens (tertiary/aromatic N) is 2. The molecule has 0 amide bonds. The van der Waals surface area contributed by atoms with Crippen molar-refractivity contribution in [3.05, 3.63) is 47.5 Å². The molecule has 0 saturated carbocycles. The highest BCUT2D eigenvalue weighted by Crippen LogP contribution is 2.31. The number of ether oxygens (including phenoxy) is 2. The van der Waals surface area contributed by atoms with Crippen LogP contribution in [0.2, 0.25) is 0 Å². The van der Waals surface area contributed by atoms with Crippen molar-refractivity contribution in [1.29, 1.82) is 0 Å². The van der Waals surface area contributed by atoms with Crippen molar-refractivity contribution in [2.45, 2.75) is 45.1 Å². The lowest BCUT2D eigenvalue weighted by molar-refractivity contribution is -0.145.